The average molecular weight is 189 g/mol. The lowest BCUT2D eigenvalue weighted by Gasteiger charge is -1.95. The molecule has 0 saturated carbocycles. The third-order valence-electron chi connectivity index (χ3n) is 1.76. The molecule has 0 aromatic carbocycles. The zero-order valence-corrected chi connectivity index (χ0v) is 8.44. The van der Waals surface area contributed by atoms with Crippen molar-refractivity contribution in [2.45, 2.75) is 45.4 Å². The number of halogens is 1. The van der Waals surface area contributed by atoms with E-state index in [1.165, 1.54) is 25.7 Å². The molecular weight excluding hydrogens is 172 g/mol. The number of hydrogen-bond acceptors (Lipinski definition) is 1. The van der Waals surface area contributed by atoms with Crippen LogP contribution in [0.2, 0.25) is 0 Å². The zero-order valence-electron chi connectivity index (χ0n) is 7.68. The Labute approximate surface area is 79.8 Å². The number of carbonyl (C=O) groups excluding carboxylic acids is 1. The van der Waals surface area contributed by atoms with Gasteiger partial charge in [0.25, 0.3) is 0 Å². The Morgan fingerprint density at radius 2 is 1.92 bits per heavy atom. The monoisotopic (exact) mass is 188 g/mol. The summed E-state index contributed by atoms with van der Waals surface area (Å²) in [6.07, 6.45) is 9.67. The predicted octanol–water partition coefficient (Wildman–Crippen LogP) is 3.67. The van der Waals surface area contributed by atoms with Crippen LogP contribution in [-0.2, 0) is 4.79 Å². The standard InChI is InChI=1S/C10H17ClO/c1-2-3-4-5-6-7-8-10(11)9-12/h8-9H,2-7H2,1H3. The van der Waals surface area contributed by atoms with Crippen LogP contribution >= 0.6 is 11.6 Å². The van der Waals surface area contributed by atoms with E-state index in [1.807, 2.05) is 0 Å². The van der Waals surface area contributed by atoms with Crippen molar-refractivity contribution < 1.29 is 4.79 Å². The Morgan fingerprint density at radius 3 is 2.50 bits per heavy atom. The summed E-state index contributed by atoms with van der Waals surface area (Å²) in [7, 11) is 0. The van der Waals surface area contributed by atoms with Crippen LogP contribution in [0, 0.1) is 0 Å². The van der Waals surface area contributed by atoms with Crippen molar-refractivity contribution in [1.29, 1.82) is 0 Å². The van der Waals surface area contributed by atoms with Crippen LogP contribution < -0.4 is 0 Å². The van der Waals surface area contributed by atoms with Crippen molar-refractivity contribution in [3.63, 3.8) is 0 Å². The summed E-state index contributed by atoms with van der Waals surface area (Å²) >= 11 is 5.50. The maximum Gasteiger partial charge on any atom is 0.161 e. The molecule has 12 heavy (non-hydrogen) atoms. The lowest BCUT2D eigenvalue weighted by Crippen LogP contribution is -1.77. The zero-order chi connectivity index (χ0) is 9.23. The normalized spacial score (nSPS) is 11.7. The molecule has 2 heteroatoms. The molecule has 0 saturated heterocycles. The third-order valence-corrected chi connectivity index (χ3v) is 2.00. The van der Waals surface area contributed by atoms with Gasteiger partial charge in [0, 0.05) is 0 Å². The summed E-state index contributed by atoms with van der Waals surface area (Å²) in [4.78, 5) is 10.1. The molecule has 0 fully saturated rings. The van der Waals surface area contributed by atoms with Gasteiger partial charge < -0.3 is 0 Å². The first-order valence-corrected chi connectivity index (χ1v) is 5.00. The number of carbonyl (C=O) groups is 1. The van der Waals surface area contributed by atoms with Gasteiger partial charge in [-0.05, 0) is 12.8 Å². The van der Waals surface area contributed by atoms with Gasteiger partial charge >= 0.3 is 0 Å². The van der Waals surface area contributed by atoms with Crippen LogP contribution in [0.25, 0.3) is 0 Å². The highest BCUT2D eigenvalue weighted by atomic mass is 35.5. The second-order valence-corrected chi connectivity index (χ2v) is 3.35. The van der Waals surface area contributed by atoms with Crippen molar-refractivity contribution in [2.24, 2.45) is 0 Å². The minimum atomic E-state index is 0.338. The number of aldehydes is 1. The second-order valence-electron chi connectivity index (χ2n) is 2.91. The molecule has 0 aromatic rings. The summed E-state index contributed by atoms with van der Waals surface area (Å²) in [5, 5.41) is 0.338. The molecule has 0 aliphatic rings. The predicted molar refractivity (Wildman–Crippen MR) is 53.4 cm³/mol. The first-order valence-electron chi connectivity index (χ1n) is 4.62. The molecule has 0 heterocycles. The van der Waals surface area contributed by atoms with Gasteiger partial charge in [-0.1, -0.05) is 50.3 Å². The average Bonchev–Trinajstić information content (AvgIpc) is 2.10. The maximum atomic E-state index is 10.1. The van der Waals surface area contributed by atoms with E-state index >= 15 is 0 Å². The summed E-state index contributed by atoms with van der Waals surface area (Å²) < 4.78 is 0. The molecule has 0 aromatic heterocycles. The largest absolute Gasteiger partial charge is 0.297 e. The topological polar surface area (TPSA) is 17.1 Å². The molecule has 0 bridgehead atoms. The molecule has 1 nitrogen and oxygen atoms in total. The Morgan fingerprint density at radius 1 is 1.25 bits per heavy atom. The molecule has 0 unspecified atom stereocenters. The van der Waals surface area contributed by atoms with E-state index in [-0.39, 0.29) is 0 Å². The fraction of sp³-hybridized carbons (Fsp3) is 0.700. The van der Waals surface area contributed by atoms with Gasteiger partial charge in [-0.2, -0.15) is 0 Å². The minimum absolute atomic E-state index is 0.338. The number of allylic oxidation sites excluding steroid dienone is 2. The SMILES string of the molecule is CCCCCCCC=C(Cl)C=O. The smallest absolute Gasteiger partial charge is 0.161 e. The van der Waals surface area contributed by atoms with Gasteiger partial charge in [-0.15, -0.1) is 0 Å². The van der Waals surface area contributed by atoms with Gasteiger partial charge in [0.1, 0.15) is 0 Å². The Balaban J connectivity index is 3.15. The van der Waals surface area contributed by atoms with Crippen LogP contribution in [0.15, 0.2) is 11.1 Å². The molecule has 0 radical (unpaired) electrons. The Hall–Kier alpha value is -0.300. The lowest BCUT2D eigenvalue weighted by atomic mass is 10.1. The van der Waals surface area contributed by atoms with E-state index in [1.54, 1.807) is 6.08 Å². The molecule has 0 aliphatic carbocycles. The van der Waals surface area contributed by atoms with Crippen LogP contribution in [0.1, 0.15) is 45.4 Å². The molecule has 0 aliphatic heterocycles. The van der Waals surface area contributed by atoms with Gasteiger partial charge in [-0.25, -0.2) is 0 Å². The molecule has 0 amide bonds. The summed E-state index contributed by atoms with van der Waals surface area (Å²) in [6, 6.07) is 0. The van der Waals surface area contributed by atoms with E-state index in [4.69, 9.17) is 11.6 Å². The first-order chi connectivity index (χ1) is 5.81. The van der Waals surface area contributed by atoms with Crippen molar-refractivity contribution in [3.8, 4) is 0 Å². The van der Waals surface area contributed by atoms with E-state index in [0.29, 0.717) is 11.3 Å². The molecule has 0 rings (SSSR count). The van der Waals surface area contributed by atoms with Gasteiger partial charge in [0.2, 0.25) is 0 Å². The highest BCUT2D eigenvalue weighted by Crippen LogP contribution is 2.07. The van der Waals surface area contributed by atoms with E-state index in [9.17, 15) is 4.79 Å². The molecule has 0 N–H and O–H groups in total. The summed E-state index contributed by atoms with van der Waals surface area (Å²) in [5.41, 5.74) is 0. The number of unbranched alkanes of at least 4 members (excludes halogenated alkanes) is 5. The Bertz CT molecular complexity index is 141. The van der Waals surface area contributed by atoms with Crippen molar-refractivity contribution in [2.75, 3.05) is 0 Å². The fourth-order valence-corrected chi connectivity index (χ4v) is 1.15. The third kappa shape index (κ3) is 7.80. The Kier molecular flexibility index (Phi) is 8.57. The number of hydrogen-bond donors (Lipinski definition) is 0. The highest BCUT2D eigenvalue weighted by molar-refractivity contribution is 6.38. The van der Waals surface area contributed by atoms with E-state index < -0.39 is 0 Å². The van der Waals surface area contributed by atoms with Crippen LogP contribution in [0.5, 0.6) is 0 Å². The molecule has 0 atom stereocenters. The van der Waals surface area contributed by atoms with Crippen LogP contribution in [-0.4, -0.2) is 6.29 Å². The van der Waals surface area contributed by atoms with Gasteiger partial charge in [0.05, 0.1) is 5.03 Å². The van der Waals surface area contributed by atoms with Crippen molar-refractivity contribution in [1.82, 2.24) is 0 Å². The maximum absolute atomic E-state index is 10.1. The molecule has 70 valence electrons. The van der Waals surface area contributed by atoms with Gasteiger partial charge in [0.15, 0.2) is 6.29 Å². The first kappa shape index (κ1) is 11.7. The molecule has 0 spiro atoms. The van der Waals surface area contributed by atoms with Crippen molar-refractivity contribution >= 4 is 17.9 Å². The van der Waals surface area contributed by atoms with Gasteiger partial charge in [-0.3, -0.25) is 4.79 Å². The summed E-state index contributed by atoms with van der Waals surface area (Å²) in [6.45, 7) is 2.20. The van der Waals surface area contributed by atoms with Crippen LogP contribution in [0.3, 0.4) is 0 Å². The van der Waals surface area contributed by atoms with Crippen molar-refractivity contribution in [3.05, 3.63) is 11.1 Å². The highest BCUT2D eigenvalue weighted by Gasteiger charge is 1.89. The fourth-order valence-electron chi connectivity index (χ4n) is 1.04. The lowest BCUT2D eigenvalue weighted by molar-refractivity contribution is -0.104. The second kappa shape index (κ2) is 8.79. The van der Waals surface area contributed by atoms with E-state index in [0.717, 1.165) is 12.8 Å². The minimum Gasteiger partial charge on any atom is -0.297 e. The quantitative estimate of drug-likeness (QED) is 0.339. The number of rotatable bonds is 7. The van der Waals surface area contributed by atoms with Crippen LogP contribution in [0.4, 0.5) is 0 Å². The van der Waals surface area contributed by atoms with E-state index in [2.05, 4.69) is 6.92 Å². The summed E-state index contributed by atoms with van der Waals surface area (Å²) in [5.74, 6) is 0. The molecular formula is C10H17ClO.